The van der Waals surface area contributed by atoms with Crippen LogP contribution in [0, 0.1) is 18.8 Å². The van der Waals surface area contributed by atoms with Crippen molar-refractivity contribution in [2.45, 2.75) is 6.92 Å². The highest BCUT2D eigenvalue weighted by atomic mass is 35.5. The average molecular weight is 289 g/mol. The van der Waals surface area contributed by atoms with Gasteiger partial charge in [-0.05, 0) is 48.4 Å². The lowest BCUT2D eigenvalue weighted by Crippen LogP contribution is -2.12. The molecule has 2 rings (SSSR count). The van der Waals surface area contributed by atoms with Gasteiger partial charge in [-0.15, -0.1) is 0 Å². The first-order valence-electron chi connectivity index (χ1n) is 5.96. The van der Waals surface area contributed by atoms with Crippen LogP contribution in [0.25, 0.3) is 0 Å². The number of benzene rings is 1. The number of carbonyl (C=O) groups excluding carboxylic acids is 1. The summed E-state index contributed by atoms with van der Waals surface area (Å²) in [5, 5.41) is 2.94. The molecule has 0 atom stereocenters. The molecule has 0 bridgehead atoms. The predicted octanol–water partition coefficient (Wildman–Crippen LogP) is 2.80. The number of furan rings is 1. The van der Waals surface area contributed by atoms with Crippen molar-refractivity contribution in [1.29, 1.82) is 0 Å². The summed E-state index contributed by atoms with van der Waals surface area (Å²) in [6.45, 7) is 2.19. The minimum Gasteiger partial charge on any atom is -0.440 e. The number of amides is 1. The van der Waals surface area contributed by atoms with E-state index in [4.69, 9.17) is 21.8 Å². The van der Waals surface area contributed by atoms with Crippen LogP contribution >= 0.6 is 11.6 Å². The maximum atomic E-state index is 12.0. The molecule has 0 aliphatic carbocycles. The molecule has 0 radical (unpaired) electrons. The van der Waals surface area contributed by atoms with Gasteiger partial charge in [0.25, 0.3) is 5.91 Å². The number of nitrogens with one attached hydrogen (secondary N) is 1. The molecule has 0 spiro atoms. The highest BCUT2D eigenvalue weighted by Gasteiger charge is 2.12. The maximum absolute atomic E-state index is 12.0. The smallest absolute Gasteiger partial charge is 0.291 e. The van der Waals surface area contributed by atoms with Crippen LogP contribution in [-0.2, 0) is 0 Å². The standard InChI is InChI=1S/C15H13ClN2O2/c1-10-4-5-11(3-2-8-17)9-12(10)18-15(19)13-6-7-14(16)20-13/h4-7,9H,8,17H2,1H3,(H,18,19). The first kappa shape index (κ1) is 14.2. The van der Waals surface area contributed by atoms with Gasteiger partial charge < -0.3 is 15.5 Å². The molecule has 2 aromatic rings. The van der Waals surface area contributed by atoms with E-state index in [2.05, 4.69) is 17.2 Å². The minimum atomic E-state index is -0.357. The molecule has 1 aromatic carbocycles. The van der Waals surface area contributed by atoms with Crippen molar-refractivity contribution in [3.63, 3.8) is 0 Å². The Labute approximate surface area is 121 Å². The summed E-state index contributed by atoms with van der Waals surface area (Å²) < 4.78 is 5.06. The van der Waals surface area contributed by atoms with Gasteiger partial charge in [0.2, 0.25) is 0 Å². The zero-order chi connectivity index (χ0) is 14.5. The molecule has 102 valence electrons. The van der Waals surface area contributed by atoms with E-state index < -0.39 is 0 Å². The topological polar surface area (TPSA) is 68.3 Å². The van der Waals surface area contributed by atoms with Crippen LogP contribution in [0.2, 0.25) is 5.22 Å². The third-order valence-electron chi connectivity index (χ3n) is 2.62. The van der Waals surface area contributed by atoms with E-state index in [1.807, 2.05) is 19.1 Å². The lowest BCUT2D eigenvalue weighted by molar-refractivity contribution is 0.0996. The van der Waals surface area contributed by atoms with Crippen molar-refractivity contribution in [1.82, 2.24) is 0 Å². The number of hydrogen-bond donors (Lipinski definition) is 2. The van der Waals surface area contributed by atoms with Crippen molar-refractivity contribution in [2.24, 2.45) is 5.73 Å². The summed E-state index contributed by atoms with van der Waals surface area (Å²) in [5.41, 5.74) is 7.72. The molecule has 20 heavy (non-hydrogen) atoms. The zero-order valence-corrected chi connectivity index (χ0v) is 11.6. The van der Waals surface area contributed by atoms with Crippen molar-refractivity contribution < 1.29 is 9.21 Å². The van der Waals surface area contributed by atoms with Gasteiger partial charge >= 0.3 is 0 Å². The van der Waals surface area contributed by atoms with Crippen LogP contribution in [0.15, 0.2) is 34.7 Å². The number of hydrogen-bond acceptors (Lipinski definition) is 3. The Morgan fingerprint density at radius 2 is 2.20 bits per heavy atom. The molecule has 1 amide bonds. The number of carbonyl (C=O) groups is 1. The van der Waals surface area contributed by atoms with E-state index in [1.54, 1.807) is 6.07 Å². The van der Waals surface area contributed by atoms with Gasteiger partial charge in [-0.3, -0.25) is 4.79 Å². The number of rotatable bonds is 2. The largest absolute Gasteiger partial charge is 0.440 e. The summed E-state index contributed by atoms with van der Waals surface area (Å²) in [5.74, 6) is 5.49. The van der Waals surface area contributed by atoms with Gasteiger partial charge in [-0.25, -0.2) is 0 Å². The van der Waals surface area contributed by atoms with E-state index in [9.17, 15) is 4.79 Å². The highest BCUT2D eigenvalue weighted by Crippen LogP contribution is 2.19. The van der Waals surface area contributed by atoms with Crippen molar-refractivity contribution in [3.8, 4) is 11.8 Å². The van der Waals surface area contributed by atoms with Gasteiger partial charge in [0, 0.05) is 11.3 Å². The molecular weight excluding hydrogens is 276 g/mol. The monoisotopic (exact) mass is 288 g/mol. The average Bonchev–Trinajstić information content (AvgIpc) is 2.86. The Morgan fingerprint density at radius 1 is 1.40 bits per heavy atom. The minimum absolute atomic E-state index is 0.160. The van der Waals surface area contributed by atoms with Crippen LogP contribution in [0.1, 0.15) is 21.7 Å². The quantitative estimate of drug-likeness (QED) is 0.835. The third-order valence-corrected chi connectivity index (χ3v) is 2.82. The summed E-state index contributed by atoms with van der Waals surface area (Å²) in [6, 6.07) is 8.58. The summed E-state index contributed by atoms with van der Waals surface area (Å²) >= 11 is 5.64. The van der Waals surface area contributed by atoms with E-state index in [0.717, 1.165) is 11.1 Å². The lowest BCUT2D eigenvalue weighted by atomic mass is 10.1. The molecular formula is C15H13ClN2O2. The van der Waals surface area contributed by atoms with E-state index in [-0.39, 0.29) is 16.9 Å². The van der Waals surface area contributed by atoms with Gasteiger partial charge in [-0.1, -0.05) is 17.9 Å². The van der Waals surface area contributed by atoms with E-state index >= 15 is 0 Å². The van der Waals surface area contributed by atoms with Crippen LogP contribution in [-0.4, -0.2) is 12.5 Å². The Balaban J connectivity index is 2.22. The van der Waals surface area contributed by atoms with Crippen LogP contribution in [0.4, 0.5) is 5.69 Å². The molecule has 0 fully saturated rings. The molecule has 0 saturated carbocycles. The van der Waals surface area contributed by atoms with Gasteiger partial charge in [0.1, 0.15) is 0 Å². The van der Waals surface area contributed by atoms with Crippen LogP contribution < -0.4 is 11.1 Å². The highest BCUT2D eigenvalue weighted by molar-refractivity contribution is 6.29. The van der Waals surface area contributed by atoms with E-state index in [1.165, 1.54) is 12.1 Å². The van der Waals surface area contributed by atoms with E-state index in [0.29, 0.717) is 12.2 Å². The number of aryl methyl sites for hydroxylation is 1. The molecule has 0 saturated heterocycles. The number of anilines is 1. The van der Waals surface area contributed by atoms with Gasteiger partial charge in [-0.2, -0.15) is 0 Å². The number of nitrogens with two attached hydrogens (primary N) is 1. The van der Waals surface area contributed by atoms with Crippen LogP contribution in [0.5, 0.6) is 0 Å². The second kappa shape index (κ2) is 6.29. The lowest BCUT2D eigenvalue weighted by Gasteiger charge is -2.07. The Morgan fingerprint density at radius 3 is 2.85 bits per heavy atom. The fraction of sp³-hybridized carbons (Fsp3) is 0.133. The SMILES string of the molecule is Cc1ccc(C#CCN)cc1NC(=O)c1ccc(Cl)o1. The fourth-order valence-corrected chi connectivity index (χ4v) is 1.75. The fourth-order valence-electron chi connectivity index (χ4n) is 1.61. The Hall–Kier alpha value is -2.22. The van der Waals surface area contributed by atoms with Crippen molar-refractivity contribution in [2.75, 3.05) is 11.9 Å². The van der Waals surface area contributed by atoms with Crippen LogP contribution in [0.3, 0.4) is 0 Å². The predicted molar refractivity (Wildman–Crippen MR) is 78.8 cm³/mol. The molecule has 4 nitrogen and oxygen atoms in total. The summed E-state index contributed by atoms with van der Waals surface area (Å²) in [4.78, 5) is 12.0. The Bertz CT molecular complexity index is 695. The van der Waals surface area contributed by atoms with Gasteiger partial charge in [0.05, 0.1) is 6.54 Å². The Kier molecular flexibility index (Phi) is 4.46. The molecule has 0 aliphatic heterocycles. The molecule has 5 heteroatoms. The first-order valence-corrected chi connectivity index (χ1v) is 6.34. The zero-order valence-electron chi connectivity index (χ0n) is 10.9. The van der Waals surface area contributed by atoms with Crippen molar-refractivity contribution in [3.05, 3.63) is 52.4 Å². The molecule has 3 N–H and O–H groups in total. The summed E-state index contributed by atoms with van der Waals surface area (Å²) in [7, 11) is 0. The molecule has 0 aliphatic rings. The summed E-state index contributed by atoms with van der Waals surface area (Å²) in [6.07, 6.45) is 0. The number of halogens is 1. The third kappa shape index (κ3) is 3.41. The second-order valence-corrected chi connectivity index (χ2v) is 4.47. The first-order chi connectivity index (χ1) is 9.60. The molecule has 1 aromatic heterocycles. The maximum Gasteiger partial charge on any atom is 0.291 e. The molecule has 0 unspecified atom stereocenters. The van der Waals surface area contributed by atoms with Crippen molar-refractivity contribution >= 4 is 23.2 Å². The van der Waals surface area contributed by atoms with Gasteiger partial charge in [0.15, 0.2) is 11.0 Å². The molecule has 1 heterocycles. The second-order valence-electron chi connectivity index (χ2n) is 4.09. The normalized spacial score (nSPS) is 9.75.